The molecule has 1 heterocycles. The van der Waals surface area contributed by atoms with E-state index in [1.807, 2.05) is 0 Å². The molecule has 0 radical (unpaired) electrons. The fourth-order valence-corrected chi connectivity index (χ4v) is 2.77. The lowest BCUT2D eigenvalue weighted by molar-refractivity contribution is 0.263. The first-order chi connectivity index (χ1) is 9.54. The number of benzene rings is 1. The highest BCUT2D eigenvalue weighted by atomic mass is 16.5. The van der Waals surface area contributed by atoms with Crippen molar-refractivity contribution in [3.8, 4) is 5.75 Å². The van der Waals surface area contributed by atoms with Crippen molar-refractivity contribution in [3.05, 3.63) is 24.3 Å². The van der Waals surface area contributed by atoms with Crippen LogP contribution in [-0.2, 0) is 0 Å². The van der Waals surface area contributed by atoms with Gasteiger partial charge < -0.3 is 15.0 Å². The summed E-state index contributed by atoms with van der Waals surface area (Å²) in [6.45, 7) is 13.1. The average molecular weight is 276 g/mol. The largest absolute Gasteiger partial charge is 0.491 e. The van der Waals surface area contributed by atoms with E-state index >= 15 is 0 Å². The fraction of sp³-hybridized carbons (Fsp3) is 0.647. The van der Waals surface area contributed by atoms with E-state index in [9.17, 15) is 0 Å². The first-order valence-corrected chi connectivity index (χ1v) is 7.75. The number of rotatable bonds is 5. The molecule has 1 aromatic rings. The van der Waals surface area contributed by atoms with Crippen molar-refractivity contribution >= 4 is 5.69 Å². The summed E-state index contributed by atoms with van der Waals surface area (Å²) in [6, 6.07) is 8.89. The number of fused-ring (bicyclic) bond motifs is 1. The zero-order valence-electron chi connectivity index (χ0n) is 13.3. The van der Waals surface area contributed by atoms with Crippen LogP contribution in [0.3, 0.4) is 0 Å². The van der Waals surface area contributed by atoms with Gasteiger partial charge in [0.05, 0.1) is 12.3 Å². The SMILES string of the molecule is CCNC(C)C(C)(C)CN1CCCOc2ccccc21. The van der Waals surface area contributed by atoms with Crippen LogP contribution in [0.1, 0.15) is 34.1 Å². The second-order valence-electron chi connectivity index (χ2n) is 6.36. The quantitative estimate of drug-likeness (QED) is 0.893. The molecular weight excluding hydrogens is 248 g/mol. The minimum atomic E-state index is 0.216. The molecule has 1 aliphatic rings. The molecule has 1 atom stereocenters. The van der Waals surface area contributed by atoms with Gasteiger partial charge in [-0.3, -0.25) is 0 Å². The van der Waals surface area contributed by atoms with Crippen LogP contribution in [0.25, 0.3) is 0 Å². The van der Waals surface area contributed by atoms with Gasteiger partial charge in [0.2, 0.25) is 0 Å². The summed E-state index contributed by atoms with van der Waals surface area (Å²) in [6.07, 6.45) is 1.08. The van der Waals surface area contributed by atoms with Crippen molar-refractivity contribution < 1.29 is 4.74 Å². The summed E-state index contributed by atoms with van der Waals surface area (Å²) in [5.41, 5.74) is 1.45. The van der Waals surface area contributed by atoms with Crippen LogP contribution < -0.4 is 15.0 Å². The summed E-state index contributed by atoms with van der Waals surface area (Å²) in [5, 5.41) is 3.56. The second kappa shape index (κ2) is 6.49. The van der Waals surface area contributed by atoms with Crippen LogP contribution in [0, 0.1) is 5.41 Å². The van der Waals surface area contributed by atoms with Crippen LogP contribution in [0.4, 0.5) is 5.69 Å². The van der Waals surface area contributed by atoms with E-state index in [2.05, 4.69) is 62.2 Å². The molecule has 0 saturated heterocycles. The highest BCUT2D eigenvalue weighted by molar-refractivity contribution is 5.59. The molecule has 0 fully saturated rings. The van der Waals surface area contributed by atoms with Crippen molar-refractivity contribution in [2.45, 2.75) is 40.2 Å². The van der Waals surface area contributed by atoms with Gasteiger partial charge in [0, 0.05) is 19.1 Å². The molecular formula is C17H28N2O. The number of hydrogen-bond acceptors (Lipinski definition) is 3. The average Bonchev–Trinajstić information content (AvgIpc) is 2.62. The van der Waals surface area contributed by atoms with Crippen molar-refractivity contribution in [2.24, 2.45) is 5.41 Å². The lowest BCUT2D eigenvalue weighted by atomic mass is 9.84. The van der Waals surface area contributed by atoms with Gasteiger partial charge in [-0.15, -0.1) is 0 Å². The number of para-hydroxylation sites is 2. The first kappa shape index (κ1) is 15.2. The topological polar surface area (TPSA) is 24.5 Å². The summed E-state index contributed by atoms with van der Waals surface area (Å²) < 4.78 is 5.84. The monoisotopic (exact) mass is 276 g/mol. The summed E-state index contributed by atoms with van der Waals surface area (Å²) in [5.74, 6) is 1.02. The van der Waals surface area contributed by atoms with Gasteiger partial charge in [0.25, 0.3) is 0 Å². The predicted octanol–water partition coefficient (Wildman–Crippen LogP) is 3.30. The normalized spacial score (nSPS) is 17.1. The Bertz CT molecular complexity index is 431. The van der Waals surface area contributed by atoms with E-state index in [0.717, 1.165) is 38.4 Å². The molecule has 0 bridgehead atoms. The van der Waals surface area contributed by atoms with Crippen molar-refractivity contribution in [1.82, 2.24) is 5.32 Å². The molecule has 1 N–H and O–H groups in total. The highest BCUT2D eigenvalue weighted by Crippen LogP contribution is 2.33. The molecule has 0 spiro atoms. The molecule has 1 unspecified atom stereocenters. The predicted molar refractivity (Wildman–Crippen MR) is 85.7 cm³/mol. The summed E-state index contributed by atoms with van der Waals surface area (Å²) >= 11 is 0. The van der Waals surface area contributed by atoms with Gasteiger partial charge >= 0.3 is 0 Å². The third-order valence-electron chi connectivity index (χ3n) is 4.32. The lowest BCUT2D eigenvalue weighted by Gasteiger charge is -2.38. The Morgan fingerprint density at radius 2 is 2.10 bits per heavy atom. The van der Waals surface area contributed by atoms with Gasteiger partial charge in [0.1, 0.15) is 5.75 Å². The zero-order chi connectivity index (χ0) is 14.6. The fourth-order valence-electron chi connectivity index (χ4n) is 2.77. The standard InChI is InChI=1S/C17H28N2O/c1-5-18-14(2)17(3,4)13-19-11-8-12-20-16-10-7-6-9-15(16)19/h6-7,9-10,14,18H,5,8,11-13H2,1-4H3. The van der Waals surface area contributed by atoms with Gasteiger partial charge in [-0.25, -0.2) is 0 Å². The molecule has 0 aliphatic carbocycles. The van der Waals surface area contributed by atoms with Gasteiger partial charge in [-0.05, 0) is 37.4 Å². The molecule has 1 aromatic carbocycles. The van der Waals surface area contributed by atoms with Gasteiger partial charge in [0.15, 0.2) is 0 Å². The van der Waals surface area contributed by atoms with E-state index in [-0.39, 0.29) is 5.41 Å². The Labute approximate surface area is 123 Å². The lowest BCUT2D eigenvalue weighted by Crippen LogP contribution is -2.47. The maximum Gasteiger partial charge on any atom is 0.142 e. The Morgan fingerprint density at radius 1 is 1.35 bits per heavy atom. The third-order valence-corrected chi connectivity index (χ3v) is 4.32. The first-order valence-electron chi connectivity index (χ1n) is 7.75. The maximum absolute atomic E-state index is 5.84. The molecule has 112 valence electrons. The Morgan fingerprint density at radius 3 is 2.85 bits per heavy atom. The smallest absolute Gasteiger partial charge is 0.142 e. The minimum absolute atomic E-state index is 0.216. The van der Waals surface area contributed by atoms with E-state index in [0.29, 0.717) is 6.04 Å². The molecule has 3 nitrogen and oxygen atoms in total. The van der Waals surface area contributed by atoms with Crippen LogP contribution in [-0.4, -0.2) is 32.3 Å². The molecule has 20 heavy (non-hydrogen) atoms. The molecule has 0 amide bonds. The van der Waals surface area contributed by atoms with Crippen molar-refractivity contribution in [2.75, 3.05) is 31.1 Å². The van der Waals surface area contributed by atoms with E-state index in [1.165, 1.54) is 5.69 Å². The number of hydrogen-bond donors (Lipinski definition) is 1. The van der Waals surface area contributed by atoms with Crippen molar-refractivity contribution in [1.29, 1.82) is 0 Å². The van der Waals surface area contributed by atoms with Gasteiger partial charge in [-0.2, -0.15) is 0 Å². The third kappa shape index (κ3) is 3.45. The number of ether oxygens (including phenoxy) is 1. The van der Waals surface area contributed by atoms with E-state index in [1.54, 1.807) is 0 Å². The molecule has 2 rings (SSSR count). The van der Waals surface area contributed by atoms with Crippen LogP contribution in [0.2, 0.25) is 0 Å². The number of nitrogens with one attached hydrogen (secondary N) is 1. The maximum atomic E-state index is 5.84. The van der Waals surface area contributed by atoms with Crippen molar-refractivity contribution in [3.63, 3.8) is 0 Å². The summed E-state index contributed by atoms with van der Waals surface area (Å²) in [7, 11) is 0. The molecule has 3 heteroatoms. The van der Waals surface area contributed by atoms with E-state index < -0.39 is 0 Å². The Hall–Kier alpha value is -1.22. The Kier molecular flexibility index (Phi) is 4.92. The summed E-state index contributed by atoms with van der Waals surface area (Å²) in [4.78, 5) is 2.48. The molecule has 1 aliphatic heterocycles. The van der Waals surface area contributed by atoms with Crippen LogP contribution >= 0.6 is 0 Å². The molecule has 0 saturated carbocycles. The number of nitrogens with zero attached hydrogens (tertiary/aromatic N) is 1. The zero-order valence-corrected chi connectivity index (χ0v) is 13.3. The van der Waals surface area contributed by atoms with Crippen LogP contribution in [0.15, 0.2) is 24.3 Å². The van der Waals surface area contributed by atoms with E-state index in [4.69, 9.17) is 4.74 Å². The Balaban J connectivity index is 2.16. The number of anilines is 1. The highest BCUT2D eigenvalue weighted by Gasteiger charge is 2.29. The van der Waals surface area contributed by atoms with Crippen LogP contribution in [0.5, 0.6) is 5.75 Å². The van der Waals surface area contributed by atoms with Gasteiger partial charge in [-0.1, -0.05) is 32.9 Å². The molecule has 0 aromatic heterocycles. The minimum Gasteiger partial charge on any atom is -0.491 e. The second-order valence-corrected chi connectivity index (χ2v) is 6.36.